The van der Waals surface area contributed by atoms with Gasteiger partial charge in [0, 0.05) is 25.4 Å². The SMILES string of the molecule is COc1ccccc1CN1CCC(c2cnn(C)c2)CC1. The Morgan fingerprint density at radius 3 is 2.67 bits per heavy atom. The van der Waals surface area contributed by atoms with Crippen LogP contribution >= 0.6 is 0 Å². The molecule has 1 saturated heterocycles. The van der Waals surface area contributed by atoms with Gasteiger partial charge < -0.3 is 4.74 Å². The molecule has 21 heavy (non-hydrogen) atoms. The highest BCUT2D eigenvalue weighted by molar-refractivity contribution is 5.33. The van der Waals surface area contributed by atoms with Crippen molar-refractivity contribution in [1.29, 1.82) is 0 Å². The fraction of sp³-hybridized carbons (Fsp3) is 0.471. The van der Waals surface area contributed by atoms with Crippen molar-refractivity contribution >= 4 is 0 Å². The van der Waals surface area contributed by atoms with Crippen molar-refractivity contribution in [2.75, 3.05) is 20.2 Å². The second-order valence-corrected chi connectivity index (χ2v) is 5.81. The molecule has 1 aliphatic heterocycles. The van der Waals surface area contributed by atoms with Gasteiger partial charge >= 0.3 is 0 Å². The van der Waals surface area contributed by atoms with Gasteiger partial charge in [-0.05, 0) is 43.5 Å². The molecular weight excluding hydrogens is 262 g/mol. The van der Waals surface area contributed by atoms with Crippen LogP contribution in [0.5, 0.6) is 5.75 Å². The summed E-state index contributed by atoms with van der Waals surface area (Å²) in [5.41, 5.74) is 2.66. The topological polar surface area (TPSA) is 30.3 Å². The quantitative estimate of drug-likeness (QED) is 0.865. The van der Waals surface area contributed by atoms with Crippen LogP contribution in [0.25, 0.3) is 0 Å². The highest BCUT2D eigenvalue weighted by Crippen LogP contribution is 2.29. The van der Waals surface area contributed by atoms with E-state index in [-0.39, 0.29) is 0 Å². The van der Waals surface area contributed by atoms with Gasteiger partial charge in [-0.1, -0.05) is 18.2 Å². The molecule has 4 heteroatoms. The lowest BCUT2D eigenvalue weighted by Gasteiger charge is -2.31. The Labute approximate surface area is 126 Å². The molecule has 3 rings (SSSR count). The van der Waals surface area contributed by atoms with Gasteiger partial charge in [0.15, 0.2) is 0 Å². The fourth-order valence-corrected chi connectivity index (χ4v) is 3.15. The molecule has 1 aliphatic rings. The standard InChI is InChI=1S/C17H23N3O/c1-19-12-16(11-18-19)14-7-9-20(10-8-14)13-15-5-3-4-6-17(15)21-2/h3-6,11-12,14H,7-10,13H2,1-2H3. The molecule has 0 amide bonds. The van der Waals surface area contributed by atoms with Gasteiger partial charge in [0.2, 0.25) is 0 Å². The molecule has 1 aromatic heterocycles. The lowest BCUT2D eigenvalue weighted by atomic mass is 9.91. The van der Waals surface area contributed by atoms with Crippen molar-refractivity contribution in [2.24, 2.45) is 7.05 Å². The van der Waals surface area contributed by atoms with Crippen molar-refractivity contribution in [3.8, 4) is 5.75 Å². The number of rotatable bonds is 4. The average molecular weight is 285 g/mol. The Hall–Kier alpha value is -1.81. The lowest BCUT2D eigenvalue weighted by molar-refractivity contribution is 0.202. The number of ether oxygens (including phenoxy) is 1. The predicted molar refractivity (Wildman–Crippen MR) is 83.5 cm³/mol. The number of hydrogen-bond acceptors (Lipinski definition) is 3. The molecule has 112 valence electrons. The van der Waals surface area contributed by atoms with E-state index in [1.165, 1.54) is 24.0 Å². The molecule has 0 atom stereocenters. The van der Waals surface area contributed by atoms with Crippen molar-refractivity contribution in [3.63, 3.8) is 0 Å². The number of nitrogens with zero attached hydrogens (tertiary/aromatic N) is 3. The predicted octanol–water partition coefficient (Wildman–Crippen LogP) is 2.81. The Morgan fingerprint density at radius 2 is 2.00 bits per heavy atom. The van der Waals surface area contributed by atoms with Crippen LogP contribution in [0.2, 0.25) is 0 Å². The first-order valence-corrected chi connectivity index (χ1v) is 7.59. The molecule has 4 nitrogen and oxygen atoms in total. The van der Waals surface area contributed by atoms with E-state index in [0.29, 0.717) is 5.92 Å². The zero-order valence-electron chi connectivity index (χ0n) is 12.8. The zero-order valence-corrected chi connectivity index (χ0v) is 12.8. The van der Waals surface area contributed by atoms with Crippen LogP contribution in [0.15, 0.2) is 36.7 Å². The van der Waals surface area contributed by atoms with Crippen molar-refractivity contribution in [1.82, 2.24) is 14.7 Å². The molecule has 0 saturated carbocycles. The van der Waals surface area contributed by atoms with E-state index in [2.05, 4.69) is 28.3 Å². The molecule has 0 unspecified atom stereocenters. The third kappa shape index (κ3) is 3.27. The van der Waals surface area contributed by atoms with E-state index in [9.17, 15) is 0 Å². The minimum Gasteiger partial charge on any atom is -0.496 e. The molecular formula is C17H23N3O. The van der Waals surface area contributed by atoms with Crippen LogP contribution in [0.4, 0.5) is 0 Å². The number of likely N-dealkylation sites (tertiary alicyclic amines) is 1. The van der Waals surface area contributed by atoms with Crippen LogP contribution in [0.3, 0.4) is 0 Å². The van der Waals surface area contributed by atoms with Gasteiger partial charge in [-0.3, -0.25) is 9.58 Å². The molecule has 0 N–H and O–H groups in total. The van der Waals surface area contributed by atoms with Crippen LogP contribution < -0.4 is 4.74 Å². The molecule has 1 fully saturated rings. The summed E-state index contributed by atoms with van der Waals surface area (Å²) in [7, 11) is 3.73. The van der Waals surface area contributed by atoms with Crippen molar-refractivity contribution in [3.05, 3.63) is 47.8 Å². The summed E-state index contributed by atoms with van der Waals surface area (Å²) in [6, 6.07) is 8.31. The summed E-state index contributed by atoms with van der Waals surface area (Å²) in [5, 5.41) is 4.29. The second kappa shape index (κ2) is 6.31. The van der Waals surface area contributed by atoms with Gasteiger partial charge in [-0.25, -0.2) is 0 Å². The van der Waals surface area contributed by atoms with Crippen LogP contribution in [0.1, 0.15) is 29.9 Å². The molecule has 0 radical (unpaired) electrons. The number of benzene rings is 1. The second-order valence-electron chi connectivity index (χ2n) is 5.81. The molecule has 0 bridgehead atoms. The Kier molecular flexibility index (Phi) is 4.25. The summed E-state index contributed by atoms with van der Waals surface area (Å²) in [4.78, 5) is 2.52. The maximum Gasteiger partial charge on any atom is 0.123 e. The van der Waals surface area contributed by atoms with Crippen LogP contribution in [-0.2, 0) is 13.6 Å². The van der Waals surface area contributed by atoms with E-state index >= 15 is 0 Å². The first-order valence-electron chi connectivity index (χ1n) is 7.59. The number of aromatic nitrogens is 2. The van der Waals surface area contributed by atoms with Crippen molar-refractivity contribution in [2.45, 2.75) is 25.3 Å². The molecule has 2 aromatic rings. The highest BCUT2D eigenvalue weighted by Gasteiger charge is 2.22. The summed E-state index contributed by atoms with van der Waals surface area (Å²) in [5.74, 6) is 1.65. The van der Waals surface area contributed by atoms with Gasteiger partial charge in [0.1, 0.15) is 5.75 Å². The largest absolute Gasteiger partial charge is 0.496 e. The number of methoxy groups -OCH3 is 1. The Bertz CT molecular complexity index is 585. The Morgan fingerprint density at radius 1 is 1.24 bits per heavy atom. The Balaban J connectivity index is 1.58. The number of aryl methyl sites for hydroxylation is 1. The van der Waals surface area contributed by atoms with E-state index < -0.39 is 0 Å². The van der Waals surface area contributed by atoms with E-state index in [4.69, 9.17) is 4.74 Å². The maximum atomic E-state index is 5.44. The van der Waals surface area contributed by atoms with E-state index in [1.807, 2.05) is 30.1 Å². The van der Waals surface area contributed by atoms with Gasteiger partial charge in [0.05, 0.1) is 13.3 Å². The van der Waals surface area contributed by atoms with Crippen LogP contribution in [-0.4, -0.2) is 34.9 Å². The molecule has 0 spiro atoms. The molecule has 0 aliphatic carbocycles. The first kappa shape index (κ1) is 14.1. The van der Waals surface area contributed by atoms with E-state index in [0.717, 1.165) is 25.4 Å². The summed E-state index contributed by atoms with van der Waals surface area (Å²) in [6.45, 7) is 3.25. The summed E-state index contributed by atoms with van der Waals surface area (Å²) in [6.07, 6.45) is 6.59. The molecule has 2 heterocycles. The minimum absolute atomic E-state index is 0.660. The minimum atomic E-state index is 0.660. The third-order valence-electron chi connectivity index (χ3n) is 4.37. The number of para-hydroxylation sites is 1. The van der Waals surface area contributed by atoms with Crippen LogP contribution in [0, 0.1) is 0 Å². The maximum absolute atomic E-state index is 5.44. The monoisotopic (exact) mass is 285 g/mol. The zero-order chi connectivity index (χ0) is 14.7. The number of hydrogen-bond donors (Lipinski definition) is 0. The number of piperidine rings is 1. The first-order chi connectivity index (χ1) is 10.3. The van der Waals surface area contributed by atoms with Gasteiger partial charge in [-0.15, -0.1) is 0 Å². The smallest absolute Gasteiger partial charge is 0.123 e. The fourth-order valence-electron chi connectivity index (χ4n) is 3.15. The average Bonchev–Trinajstić information content (AvgIpc) is 2.95. The van der Waals surface area contributed by atoms with Crippen molar-refractivity contribution < 1.29 is 4.74 Å². The van der Waals surface area contributed by atoms with Gasteiger partial charge in [-0.2, -0.15) is 5.10 Å². The highest BCUT2D eigenvalue weighted by atomic mass is 16.5. The normalized spacial score (nSPS) is 17.0. The lowest BCUT2D eigenvalue weighted by Crippen LogP contribution is -2.32. The summed E-state index contributed by atoms with van der Waals surface area (Å²) < 4.78 is 7.34. The van der Waals surface area contributed by atoms with Gasteiger partial charge in [0.25, 0.3) is 0 Å². The molecule has 1 aromatic carbocycles. The third-order valence-corrected chi connectivity index (χ3v) is 4.37. The summed E-state index contributed by atoms with van der Waals surface area (Å²) >= 11 is 0. The van der Waals surface area contributed by atoms with E-state index in [1.54, 1.807) is 7.11 Å².